The number of aryl methyl sites for hydroxylation is 1. The summed E-state index contributed by atoms with van der Waals surface area (Å²) in [6.45, 7) is 5.30. The summed E-state index contributed by atoms with van der Waals surface area (Å²) in [6, 6.07) is 15.0. The van der Waals surface area contributed by atoms with E-state index in [4.69, 9.17) is 4.37 Å². The van der Waals surface area contributed by atoms with Gasteiger partial charge >= 0.3 is 0 Å². The Hall–Kier alpha value is -2.15. The highest BCUT2D eigenvalue weighted by Crippen LogP contribution is 2.30. The quantitative estimate of drug-likeness (QED) is 0.683. The number of halogens is 1. The maximum Gasteiger partial charge on any atom is 0.224 e. The van der Waals surface area contributed by atoms with E-state index < -0.39 is 0 Å². The summed E-state index contributed by atoms with van der Waals surface area (Å²) in [7, 11) is 0. The molecule has 2 aromatic carbocycles. The molecule has 3 aromatic rings. The number of nitrogens with zero attached hydrogens (tertiary/aromatic N) is 3. The van der Waals surface area contributed by atoms with Gasteiger partial charge in [0.25, 0.3) is 0 Å². The normalized spacial score (nSPS) is 17.0. The number of nitrogens with one attached hydrogen (secondary N) is 1. The zero-order valence-corrected chi connectivity index (χ0v) is 17.9. The summed E-state index contributed by atoms with van der Waals surface area (Å²) < 4.78 is 5.97. The molecule has 2 aliphatic rings. The van der Waals surface area contributed by atoms with Gasteiger partial charge in [-0.2, -0.15) is 4.37 Å². The Bertz CT molecular complexity index is 1010. The van der Waals surface area contributed by atoms with Gasteiger partial charge in [0, 0.05) is 50.2 Å². The number of carbonyl (C=O) groups excluding carboxylic acids is 1. The second kappa shape index (κ2) is 8.69. The molecule has 5 rings (SSSR count). The number of rotatable bonds is 4. The predicted molar refractivity (Wildman–Crippen MR) is 123 cm³/mol. The van der Waals surface area contributed by atoms with Crippen LogP contribution in [0.25, 0.3) is 10.1 Å². The number of piperazine rings is 1. The lowest BCUT2D eigenvalue weighted by Crippen LogP contribution is -2.47. The van der Waals surface area contributed by atoms with Crippen LogP contribution >= 0.6 is 23.9 Å². The zero-order chi connectivity index (χ0) is 18.9. The Morgan fingerprint density at radius 3 is 2.72 bits per heavy atom. The summed E-state index contributed by atoms with van der Waals surface area (Å²) in [5, 5.41) is 4.24. The van der Waals surface area contributed by atoms with Crippen LogP contribution in [-0.2, 0) is 17.6 Å². The second-order valence-electron chi connectivity index (χ2n) is 7.62. The van der Waals surface area contributed by atoms with E-state index in [1.807, 2.05) is 0 Å². The smallest absolute Gasteiger partial charge is 0.224 e. The highest BCUT2D eigenvalue weighted by Gasteiger charge is 2.21. The number of amides is 1. The van der Waals surface area contributed by atoms with Crippen LogP contribution in [0.3, 0.4) is 0 Å². The van der Waals surface area contributed by atoms with E-state index in [1.165, 1.54) is 21.2 Å². The molecule has 1 N–H and O–H groups in total. The fraction of sp³-hybridized carbons (Fsp3) is 0.364. The van der Waals surface area contributed by atoms with Crippen molar-refractivity contribution in [2.75, 3.05) is 42.9 Å². The van der Waals surface area contributed by atoms with E-state index in [9.17, 15) is 4.79 Å². The fourth-order valence-corrected chi connectivity index (χ4v) is 4.96. The summed E-state index contributed by atoms with van der Waals surface area (Å²) in [6.07, 6.45) is 2.51. The molecule has 7 heteroatoms. The highest BCUT2D eigenvalue weighted by atomic mass is 35.5. The number of fused-ring (bicyclic) bond motifs is 2. The minimum atomic E-state index is 0. The molecule has 152 valence electrons. The molecule has 0 bridgehead atoms. The van der Waals surface area contributed by atoms with E-state index in [0.717, 1.165) is 57.1 Å². The summed E-state index contributed by atoms with van der Waals surface area (Å²) in [5.41, 5.74) is 3.63. The maximum atomic E-state index is 11.5. The van der Waals surface area contributed by atoms with Gasteiger partial charge in [0.2, 0.25) is 5.91 Å². The second-order valence-corrected chi connectivity index (χ2v) is 8.43. The largest absolute Gasteiger partial charge is 0.353 e. The molecule has 0 aliphatic carbocycles. The molecule has 0 saturated carbocycles. The Morgan fingerprint density at radius 2 is 1.86 bits per heavy atom. The first-order valence-electron chi connectivity index (χ1n) is 10.00. The lowest BCUT2D eigenvalue weighted by Gasteiger charge is -2.35. The number of aromatic nitrogens is 1. The van der Waals surface area contributed by atoms with Gasteiger partial charge in [0.05, 0.1) is 4.70 Å². The molecule has 2 aliphatic heterocycles. The van der Waals surface area contributed by atoms with Gasteiger partial charge in [-0.3, -0.25) is 9.69 Å². The van der Waals surface area contributed by atoms with Crippen LogP contribution in [0, 0.1) is 0 Å². The van der Waals surface area contributed by atoms with Crippen molar-refractivity contribution in [2.45, 2.75) is 19.3 Å². The summed E-state index contributed by atoms with van der Waals surface area (Å²) >= 11 is 1.60. The summed E-state index contributed by atoms with van der Waals surface area (Å²) in [4.78, 5) is 16.5. The number of carbonyl (C=O) groups is 1. The van der Waals surface area contributed by atoms with Crippen molar-refractivity contribution < 1.29 is 4.79 Å². The van der Waals surface area contributed by atoms with Crippen LogP contribution < -0.4 is 10.2 Å². The Morgan fingerprint density at radius 1 is 1.03 bits per heavy atom. The van der Waals surface area contributed by atoms with Crippen LogP contribution in [0.5, 0.6) is 0 Å². The van der Waals surface area contributed by atoms with E-state index in [2.05, 4.69) is 57.6 Å². The molecule has 0 radical (unpaired) electrons. The first kappa shape index (κ1) is 20.1. The predicted octanol–water partition coefficient (Wildman–Crippen LogP) is 3.97. The maximum absolute atomic E-state index is 11.5. The van der Waals surface area contributed by atoms with Crippen molar-refractivity contribution in [2.24, 2.45) is 0 Å². The van der Waals surface area contributed by atoms with Gasteiger partial charge in [-0.25, -0.2) is 0 Å². The molecule has 1 amide bonds. The molecule has 1 fully saturated rings. The molecule has 1 saturated heterocycles. The molecule has 5 nitrogen and oxygen atoms in total. The van der Waals surface area contributed by atoms with Gasteiger partial charge in [0.15, 0.2) is 0 Å². The standard InChI is InChI=1S/C22H24N4OS.ClH/c27-21-8-6-17-15-16(5-7-19(17)23-21)9-10-25-11-13-26(14-12-25)22-18-3-1-2-4-20(18)28-24-22;/h1-5,7,15H,6,8-14H2,(H,23,27);1H. The minimum Gasteiger partial charge on any atom is -0.353 e. The lowest BCUT2D eigenvalue weighted by molar-refractivity contribution is -0.116. The molecule has 3 heterocycles. The van der Waals surface area contributed by atoms with Crippen LogP contribution in [-0.4, -0.2) is 47.9 Å². The first-order valence-corrected chi connectivity index (χ1v) is 10.8. The number of hydrogen-bond acceptors (Lipinski definition) is 5. The molecule has 29 heavy (non-hydrogen) atoms. The third-order valence-corrected chi connectivity index (χ3v) is 6.63. The Labute approximate surface area is 181 Å². The number of anilines is 2. The average molecular weight is 429 g/mol. The van der Waals surface area contributed by atoms with Crippen LogP contribution in [0.2, 0.25) is 0 Å². The van der Waals surface area contributed by atoms with Gasteiger partial charge in [-0.1, -0.05) is 24.3 Å². The van der Waals surface area contributed by atoms with Gasteiger partial charge in [-0.15, -0.1) is 12.4 Å². The van der Waals surface area contributed by atoms with Crippen molar-refractivity contribution in [3.05, 3.63) is 53.6 Å². The van der Waals surface area contributed by atoms with Crippen molar-refractivity contribution in [1.82, 2.24) is 9.27 Å². The fourth-order valence-electron chi connectivity index (χ4n) is 4.16. The lowest BCUT2D eigenvalue weighted by atomic mass is 9.99. The first-order chi connectivity index (χ1) is 13.8. The SMILES string of the molecule is Cl.O=C1CCc2cc(CCN3CCN(c4nsc5ccccc45)CC3)ccc2N1. The molecular weight excluding hydrogens is 404 g/mol. The third kappa shape index (κ3) is 4.25. The highest BCUT2D eigenvalue weighted by molar-refractivity contribution is 7.13. The zero-order valence-electron chi connectivity index (χ0n) is 16.3. The van der Waals surface area contributed by atoms with Crippen molar-refractivity contribution in [1.29, 1.82) is 0 Å². The van der Waals surface area contributed by atoms with Crippen molar-refractivity contribution in [3.63, 3.8) is 0 Å². The van der Waals surface area contributed by atoms with E-state index in [1.54, 1.807) is 11.5 Å². The molecule has 0 unspecified atom stereocenters. The van der Waals surface area contributed by atoms with Gasteiger partial charge in [0.1, 0.15) is 5.82 Å². The van der Waals surface area contributed by atoms with Gasteiger partial charge in [-0.05, 0) is 53.7 Å². The molecule has 0 atom stereocenters. The molecule has 0 spiro atoms. The van der Waals surface area contributed by atoms with Crippen molar-refractivity contribution >= 4 is 51.4 Å². The van der Waals surface area contributed by atoms with Crippen LogP contribution in [0.4, 0.5) is 11.5 Å². The van der Waals surface area contributed by atoms with Crippen LogP contribution in [0.1, 0.15) is 17.5 Å². The van der Waals surface area contributed by atoms with E-state index in [0.29, 0.717) is 6.42 Å². The van der Waals surface area contributed by atoms with Crippen LogP contribution in [0.15, 0.2) is 42.5 Å². The monoisotopic (exact) mass is 428 g/mol. The number of hydrogen-bond donors (Lipinski definition) is 1. The minimum absolute atomic E-state index is 0. The third-order valence-electron chi connectivity index (χ3n) is 5.81. The topological polar surface area (TPSA) is 48.5 Å². The molecular formula is C22H25ClN4OS. The summed E-state index contributed by atoms with van der Waals surface area (Å²) in [5.74, 6) is 1.28. The van der Waals surface area contributed by atoms with E-state index in [-0.39, 0.29) is 18.3 Å². The van der Waals surface area contributed by atoms with E-state index >= 15 is 0 Å². The molecule has 1 aromatic heterocycles. The van der Waals surface area contributed by atoms with Gasteiger partial charge < -0.3 is 10.2 Å². The average Bonchev–Trinajstić information content (AvgIpc) is 3.17. The number of benzene rings is 2. The Balaban J connectivity index is 0.00000205. The Kier molecular flexibility index (Phi) is 6.04. The van der Waals surface area contributed by atoms with Crippen molar-refractivity contribution in [3.8, 4) is 0 Å².